The van der Waals surface area contributed by atoms with Gasteiger partial charge in [0.25, 0.3) is 0 Å². The van der Waals surface area contributed by atoms with Crippen molar-refractivity contribution in [3.63, 3.8) is 0 Å². The molecule has 0 aromatic carbocycles. The third-order valence-electron chi connectivity index (χ3n) is 2.64. The summed E-state index contributed by atoms with van der Waals surface area (Å²) in [5.74, 6) is 0. The van der Waals surface area contributed by atoms with Crippen molar-refractivity contribution in [3.8, 4) is 0 Å². The Morgan fingerprint density at radius 1 is 0.786 bits per heavy atom. The summed E-state index contributed by atoms with van der Waals surface area (Å²) in [4.78, 5) is 0. The molecule has 0 bridgehead atoms. The Morgan fingerprint density at radius 2 is 1.07 bits per heavy atom. The van der Waals surface area contributed by atoms with Crippen LogP contribution in [-0.2, 0) is 0 Å². The molecular weight excluding hydrogens is 249 g/mol. The van der Waals surface area contributed by atoms with E-state index < -0.39 is 8.40 Å². The summed E-state index contributed by atoms with van der Waals surface area (Å²) in [6.45, 7) is 19.1. The zero-order valence-electron chi connectivity index (χ0n) is 10.9. The van der Waals surface area contributed by atoms with Crippen molar-refractivity contribution in [3.05, 3.63) is 0 Å². The van der Waals surface area contributed by atoms with Crippen LogP contribution in [0.1, 0.15) is 41.5 Å². The molecule has 0 saturated carbocycles. The molecule has 0 amide bonds. The molecule has 82 valence electrons. The van der Waals surface area contributed by atoms with Gasteiger partial charge in [0.1, 0.15) is 0 Å². The van der Waals surface area contributed by atoms with E-state index in [1.54, 1.807) is 0 Å². The molecule has 0 spiro atoms. The quantitative estimate of drug-likeness (QED) is 0.625. The molecule has 0 aliphatic carbocycles. The first-order valence-electron chi connectivity index (χ1n) is 5.34. The molecule has 1 aliphatic rings. The van der Waals surface area contributed by atoms with E-state index in [9.17, 15) is 0 Å². The number of nitrogens with zero attached hydrogens (tertiary/aromatic N) is 2. The van der Waals surface area contributed by atoms with Crippen LogP contribution in [0, 0.1) is 0 Å². The van der Waals surface area contributed by atoms with E-state index in [0.29, 0.717) is 11.1 Å². The number of hydrogen-bond acceptors (Lipinski definition) is 2. The topological polar surface area (TPSA) is 6.48 Å². The van der Waals surface area contributed by atoms with Crippen molar-refractivity contribution in [1.29, 1.82) is 0 Å². The van der Waals surface area contributed by atoms with Crippen LogP contribution >= 0.6 is 0 Å². The van der Waals surface area contributed by atoms with Crippen LogP contribution in [0.4, 0.5) is 0 Å². The fourth-order valence-electron chi connectivity index (χ4n) is 2.34. The van der Waals surface area contributed by atoms with Gasteiger partial charge in [-0.25, -0.2) is 0 Å². The van der Waals surface area contributed by atoms with Gasteiger partial charge >= 0.3 is 97.0 Å². The fourth-order valence-corrected chi connectivity index (χ4v) is 12.1. The summed E-state index contributed by atoms with van der Waals surface area (Å²) in [6.07, 6.45) is 0. The number of hydrogen-bond donors (Lipinski definition) is 0. The zero-order valence-corrected chi connectivity index (χ0v) is 14.0. The van der Waals surface area contributed by atoms with Gasteiger partial charge in [0.2, 0.25) is 0 Å². The predicted molar refractivity (Wildman–Crippen MR) is 66.4 cm³/mol. The van der Waals surface area contributed by atoms with Gasteiger partial charge in [0, 0.05) is 0 Å². The molecule has 2 nitrogen and oxygen atoms in total. The predicted octanol–water partition coefficient (Wildman–Crippen LogP) is 2.44. The van der Waals surface area contributed by atoms with Crippen molar-refractivity contribution in [1.82, 2.24) is 7.05 Å². The Hall–Kier alpha value is 0.680. The average Bonchev–Trinajstić information content (AvgIpc) is 1.77. The molecule has 1 fully saturated rings. The van der Waals surface area contributed by atoms with Crippen molar-refractivity contribution in [2.45, 2.75) is 65.7 Å². The van der Waals surface area contributed by atoms with Gasteiger partial charge in [-0.3, -0.25) is 0 Å². The molecule has 1 heterocycles. The van der Waals surface area contributed by atoms with E-state index >= 15 is 0 Å². The second-order valence-electron chi connectivity index (χ2n) is 6.61. The van der Waals surface area contributed by atoms with Gasteiger partial charge in [-0.1, -0.05) is 0 Å². The second-order valence-corrected chi connectivity index (χ2v) is 14.7. The second kappa shape index (κ2) is 3.34. The van der Waals surface area contributed by atoms with Crippen LogP contribution < -0.4 is 0 Å². The Bertz CT molecular complexity index is 205. The summed E-state index contributed by atoms with van der Waals surface area (Å²) in [5.41, 5.74) is 0.773. The first-order chi connectivity index (χ1) is 5.97. The molecular formula is C10H24GeN2Si. The Labute approximate surface area is 97.1 Å². The van der Waals surface area contributed by atoms with Crippen LogP contribution in [0.2, 0.25) is 13.1 Å². The molecule has 0 aromatic heterocycles. The standard InChI is InChI=1S/C10H24GeN2Si/c1-9(2,3)12-11-13(10(4,5)6)14(12,7)8/h1-8H3. The maximum absolute atomic E-state index is 2.81. The van der Waals surface area contributed by atoms with Crippen molar-refractivity contribution >= 4 is 24.3 Å². The monoisotopic (exact) mass is 274 g/mol. The Kier molecular flexibility index (Phi) is 3.04. The molecule has 1 rings (SSSR count). The Morgan fingerprint density at radius 3 is 1.21 bits per heavy atom. The van der Waals surface area contributed by atoms with E-state index in [2.05, 4.69) is 61.7 Å². The van der Waals surface area contributed by atoms with Gasteiger partial charge in [0.05, 0.1) is 0 Å². The molecule has 2 radical (unpaired) electrons. The minimum absolute atomic E-state index is 0.0216. The normalized spacial score (nSPS) is 24.9. The van der Waals surface area contributed by atoms with Gasteiger partial charge in [-0.05, 0) is 0 Å². The van der Waals surface area contributed by atoms with E-state index in [4.69, 9.17) is 0 Å². The average molecular weight is 273 g/mol. The molecule has 0 N–H and O–H groups in total. The molecule has 0 unspecified atom stereocenters. The Balaban J connectivity index is 2.79. The van der Waals surface area contributed by atoms with Crippen LogP contribution in [-0.4, -0.2) is 42.4 Å². The zero-order chi connectivity index (χ0) is 11.4. The third-order valence-corrected chi connectivity index (χ3v) is 17.7. The van der Waals surface area contributed by atoms with E-state index in [1.807, 2.05) is 0 Å². The fraction of sp³-hybridized carbons (Fsp3) is 1.00. The molecule has 14 heavy (non-hydrogen) atoms. The van der Waals surface area contributed by atoms with Crippen molar-refractivity contribution in [2.75, 3.05) is 0 Å². The van der Waals surface area contributed by atoms with E-state index in [-0.39, 0.29) is 15.9 Å². The summed E-state index contributed by atoms with van der Waals surface area (Å²) >= 11 is -0.0216. The van der Waals surface area contributed by atoms with Gasteiger partial charge in [-0.2, -0.15) is 0 Å². The van der Waals surface area contributed by atoms with Gasteiger partial charge in [0.15, 0.2) is 0 Å². The summed E-state index contributed by atoms with van der Waals surface area (Å²) in [6, 6.07) is 0. The molecule has 0 aromatic rings. The van der Waals surface area contributed by atoms with Crippen LogP contribution in [0.25, 0.3) is 0 Å². The molecule has 1 saturated heterocycles. The maximum atomic E-state index is 2.81. The molecule has 4 heteroatoms. The van der Waals surface area contributed by atoms with Crippen molar-refractivity contribution in [2.24, 2.45) is 0 Å². The van der Waals surface area contributed by atoms with Crippen LogP contribution in [0.15, 0.2) is 0 Å². The van der Waals surface area contributed by atoms with Gasteiger partial charge in [-0.15, -0.1) is 0 Å². The van der Waals surface area contributed by atoms with Crippen LogP contribution in [0.5, 0.6) is 0 Å². The van der Waals surface area contributed by atoms with Crippen LogP contribution in [0.3, 0.4) is 0 Å². The molecule has 0 atom stereocenters. The van der Waals surface area contributed by atoms with Crippen molar-refractivity contribution < 1.29 is 0 Å². The van der Waals surface area contributed by atoms with Gasteiger partial charge < -0.3 is 0 Å². The minimum atomic E-state index is -1.26. The molecule has 1 aliphatic heterocycles. The first-order valence-corrected chi connectivity index (χ1v) is 10.1. The summed E-state index contributed by atoms with van der Waals surface area (Å²) in [5, 5.41) is 0. The third kappa shape index (κ3) is 2.10. The number of rotatable bonds is 0. The van der Waals surface area contributed by atoms with E-state index in [0.717, 1.165) is 0 Å². The summed E-state index contributed by atoms with van der Waals surface area (Å²) < 4.78 is 5.62. The SMILES string of the molecule is CC(C)(C)[N]1[Ge][N](C(C)(C)C)[Si]1(C)C. The summed E-state index contributed by atoms with van der Waals surface area (Å²) in [7, 11) is -1.26. The first kappa shape index (κ1) is 12.7. The van der Waals surface area contributed by atoms with E-state index in [1.165, 1.54) is 0 Å².